The molecule has 1 unspecified atom stereocenters. The molecule has 0 aromatic heterocycles. The molecule has 0 saturated carbocycles. The van der Waals surface area contributed by atoms with Crippen molar-refractivity contribution in [3.8, 4) is 0 Å². The van der Waals surface area contributed by atoms with Crippen LogP contribution >= 0.6 is 0 Å². The summed E-state index contributed by atoms with van der Waals surface area (Å²) < 4.78 is 0. The zero-order valence-electron chi connectivity index (χ0n) is 7.24. The van der Waals surface area contributed by atoms with E-state index in [1.807, 2.05) is 32.0 Å². The predicted molar refractivity (Wildman–Crippen MR) is 46.9 cm³/mol. The van der Waals surface area contributed by atoms with E-state index in [1.165, 1.54) is 0 Å². The van der Waals surface area contributed by atoms with Gasteiger partial charge in [-0.25, -0.2) is 0 Å². The van der Waals surface area contributed by atoms with Crippen LogP contribution in [0.1, 0.15) is 22.8 Å². The van der Waals surface area contributed by atoms with Gasteiger partial charge in [-0.3, -0.25) is 0 Å². The topological polar surface area (TPSA) is 37.3 Å². The Morgan fingerprint density at radius 3 is 2.17 bits per heavy atom. The molecule has 0 bridgehead atoms. The number of hydrogen-bond donors (Lipinski definition) is 1. The molecule has 1 rings (SSSR count). The van der Waals surface area contributed by atoms with Crippen LogP contribution in [0.15, 0.2) is 18.2 Å². The van der Waals surface area contributed by atoms with Crippen LogP contribution in [0, 0.1) is 13.8 Å². The highest BCUT2D eigenvalue weighted by atomic mass is 16.3. The monoisotopic (exact) mass is 164 g/mol. The van der Waals surface area contributed by atoms with Gasteiger partial charge >= 0.3 is 0 Å². The summed E-state index contributed by atoms with van der Waals surface area (Å²) in [5.41, 5.74) is 2.79. The van der Waals surface area contributed by atoms with Gasteiger partial charge in [0.25, 0.3) is 0 Å². The molecule has 2 heteroatoms. The van der Waals surface area contributed by atoms with Crippen LogP contribution in [0.5, 0.6) is 0 Å². The Labute approximate surface area is 71.8 Å². The smallest absolute Gasteiger partial charge is 0.153 e. The van der Waals surface area contributed by atoms with E-state index in [0.29, 0.717) is 11.8 Å². The Kier molecular flexibility index (Phi) is 2.61. The summed E-state index contributed by atoms with van der Waals surface area (Å²) in [6.45, 7) is 3.88. The number of aliphatic hydroxyl groups is 1. The Bertz CT molecular complexity index is 272. The van der Waals surface area contributed by atoms with Crippen molar-refractivity contribution in [1.29, 1.82) is 0 Å². The van der Waals surface area contributed by atoms with Gasteiger partial charge in [-0.1, -0.05) is 29.3 Å². The first-order valence-corrected chi connectivity index (χ1v) is 3.85. The number of rotatable bonds is 2. The Balaban J connectivity index is 3.08. The summed E-state index contributed by atoms with van der Waals surface area (Å²) in [4.78, 5) is 10.3. The largest absolute Gasteiger partial charge is 0.381 e. The molecule has 64 valence electrons. The number of hydrogen-bond acceptors (Lipinski definition) is 2. The first kappa shape index (κ1) is 8.94. The minimum absolute atomic E-state index is 0.536. The maximum Gasteiger partial charge on any atom is 0.153 e. The second kappa shape index (κ2) is 3.50. The second-order valence-corrected chi connectivity index (χ2v) is 3.00. The van der Waals surface area contributed by atoms with Crippen LogP contribution in [-0.2, 0) is 4.79 Å². The highest BCUT2D eigenvalue weighted by Gasteiger charge is 2.05. The summed E-state index contributed by atoms with van der Waals surface area (Å²) in [5, 5.41) is 9.21. The number of aldehydes is 1. The molecular weight excluding hydrogens is 152 g/mol. The second-order valence-electron chi connectivity index (χ2n) is 3.00. The number of carbonyl (C=O) groups excluding carboxylic acids is 1. The Hall–Kier alpha value is -1.15. The van der Waals surface area contributed by atoms with Gasteiger partial charge in [0.1, 0.15) is 6.10 Å². The summed E-state index contributed by atoms with van der Waals surface area (Å²) in [6.07, 6.45) is -0.447. The van der Waals surface area contributed by atoms with Crippen molar-refractivity contribution >= 4 is 6.29 Å². The van der Waals surface area contributed by atoms with E-state index in [-0.39, 0.29) is 0 Å². The first-order valence-electron chi connectivity index (χ1n) is 3.85. The molecule has 0 spiro atoms. The lowest BCUT2D eigenvalue weighted by atomic mass is 10.0. The van der Waals surface area contributed by atoms with Crippen molar-refractivity contribution in [3.05, 3.63) is 34.9 Å². The van der Waals surface area contributed by atoms with Crippen LogP contribution in [0.25, 0.3) is 0 Å². The summed E-state index contributed by atoms with van der Waals surface area (Å²) >= 11 is 0. The van der Waals surface area contributed by atoms with Crippen molar-refractivity contribution in [2.75, 3.05) is 0 Å². The van der Waals surface area contributed by atoms with E-state index in [0.717, 1.165) is 11.1 Å². The molecule has 1 atom stereocenters. The standard InChI is InChI=1S/C10H12O2/c1-7-3-8(2)5-9(4-7)10(12)6-11/h3-6,10,12H,1-2H3. The van der Waals surface area contributed by atoms with E-state index in [1.54, 1.807) is 0 Å². The molecule has 0 fully saturated rings. The van der Waals surface area contributed by atoms with Crippen LogP contribution in [0.4, 0.5) is 0 Å². The van der Waals surface area contributed by atoms with Crippen molar-refractivity contribution in [1.82, 2.24) is 0 Å². The number of carbonyl (C=O) groups is 1. The van der Waals surface area contributed by atoms with E-state index in [2.05, 4.69) is 0 Å². The first-order chi connectivity index (χ1) is 5.63. The average Bonchev–Trinajstić information content (AvgIpc) is 2.01. The van der Waals surface area contributed by atoms with Gasteiger partial charge in [0.2, 0.25) is 0 Å². The van der Waals surface area contributed by atoms with Gasteiger partial charge in [0.15, 0.2) is 6.29 Å². The molecule has 0 radical (unpaired) electrons. The summed E-state index contributed by atoms with van der Waals surface area (Å²) in [6, 6.07) is 5.62. The molecule has 0 heterocycles. The lowest BCUT2D eigenvalue weighted by Gasteiger charge is -2.05. The van der Waals surface area contributed by atoms with Crippen LogP contribution in [-0.4, -0.2) is 11.4 Å². The van der Waals surface area contributed by atoms with E-state index < -0.39 is 6.10 Å². The SMILES string of the molecule is Cc1cc(C)cc(C(O)C=O)c1. The zero-order chi connectivity index (χ0) is 9.14. The van der Waals surface area contributed by atoms with Gasteiger partial charge < -0.3 is 9.90 Å². The van der Waals surface area contributed by atoms with Gasteiger partial charge in [0.05, 0.1) is 0 Å². The fourth-order valence-corrected chi connectivity index (χ4v) is 1.26. The van der Waals surface area contributed by atoms with Crippen LogP contribution in [0.3, 0.4) is 0 Å². The molecule has 0 saturated heterocycles. The molecule has 1 aromatic carbocycles. The third-order valence-corrected chi connectivity index (χ3v) is 1.71. The predicted octanol–water partition coefficient (Wildman–Crippen LogP) is 1.54. The normalized spacial score (nSPS) is 12.6. The molecule has 12 heavy (non-hydrogen) atoms. The minimum atomic E-state index is -0.983. The molecule has 1 aromatic rings. The number of benzene rings is 1. The van der Waals surface area contributed by atoms with Crippen molar-refractivity contribution in [2.45, 2.75) is 20.0 Å². The fraction of sp³-hybridized carbons (Fsp3) is 0.300. The molecule has 0 aliphatic carbocycles. The Morgan fingerprint density at radius 2 is 1.75 bits per heavy atom. The quantitative estimate of drug-likeness (QED) is 0.673. The number of aliphatic hydroxyl groups excluding tert-OH is 1. The molecule has 0 amide bonds. The lowest BCUT2D eigenvalue weighted by Crippen LogP contribution is -1.98. The van der Waals surface area contributed by atoms with E-state index >= 15 is 0 Å². The van der Waals surface area contributed by atoms with Gasteiger partial charge in [-0.15, -0.1) is 0 Å². The maximum atomic E-state index is 10.3. The van der Waals surface area contributed by atoms with Gasteiger partial charge in [0, 0.05) is 0 Å². The third kappa shape index (κ3) is 1.92. The van der Waals surface area contributed by atoms with Crippen LogP contribution in [0.2, 0.25) is 0 Å². The van der Waals surface area contributed by atoms with Crippen LogP contribution < -0.4 is 0 Å². The number of aryl methyl sites for hydroxylation is 2. The molecule has 0 aliphatic rings. The van der Waals surface area contributed by atoms with Crippen molar-refractivity contribution in [3.63, 3.8) is 0 Å². The third-order valence-electron chi connectivity index (χ3n) is 1.71. The van der Waals surface area contributed by atoms with Gasteiger partial charge in [-0.05, 0) is 19.4 Å². The van der Waals surface area contributed by atoms with E-state index in [9.17, 15) is 9.90 Å². The minimum Gasteiger partial charge on any atom is -0.381 e. The maximum absolute atomic E-state index is 10.3. The molecule has 1 N–H and O–H groups in total. The Morgan fingerprint density at radius 1 is 1.25 bits per heavy atom. The van der Waals surface area contributed by atoms with E-state index in [4.69, 9.17) is 0 Å². The summed E-state index contributed by atoms with van der Waals surface area (Å²) in [5.74, 6) is 0. The summed E-state index contributed by atoms with van der Waals surface area (Å²) in [7, 11) is 0. The zero-order valence-corrected chi connectivity index (χ0v) is 7.24. The molecular formula is C10H12O2. The van der Waals surface area contributed by atoms with Gasteiger partial charge in [-0.2, -0.15) is 0 Å². The average molecular weight is 164 g/mol. The van der Waals surface area contributed by atoms with Crippen molar-refractivity contribution in [2.24, 2.45) is 0 Å². The van der Waals surface area contributed by atoms with Crippen molar-refractivity contribution < 1.29 is 9.90 Å². The molecule has 0 aliphatic heterocycles. The highest BCUT2D eigenvalue weighted by molar-refractivity contribution is 5.59. The molecule has 2 nitrogen and oxygen atoms in total. The highest BCUT2D eigenvalue weighted by Crippen LogP contribution is 2.14. The fourth-order valence-electron chi connectivity index (χ4n) is 1.26. The lowest BCUT2D eigenvalue weighted by molar-refractivity contribution is -0.115.